The number of furan rings is 1. The van der Waals surface area contributed by atoms with Gasteiger partial charge in [-0.15, -0.1) is 0 Å². The van der Waals surface area contributed by atoms with Crippen LogP contribution in [0.1, 0.15) is 26.3 Å². The Hall–Kier alpha value is -3.71. The average Bonchev–Trinajstić information content (AvgIpc) is 3.38. The largest absolute Gasteiger partial charge is 0.506 e. The molecule has 0 saturated carbocycles. The van der Waals surface area contributed by atoms with E-state index in [1.807, 2.05) is 12.1 Å². The average molecular weight is 633 g/mol. The van der Waals surface area contributed by atoms with Crippen molar-refractivity contribution >= 4 is 54.7 Å². The van der Waals surface area contributed by atoms with Crippen molar-refractivity contribution in [1.29, 1.82) is 0 Å². The quantitative estimate of drug-likeness (QED) is 0.0667. The van der Waals surface area contributed by atoms with Crippen LogP contribution < -0.4 is 10.6 Å². The SMILES string of the molecule is CNC(=O)c1c(-c2ccc(F)cc2)oc2cc(NCCOCCOCCc3ccccc3C(=O)OC)c(O)cc12.CS.S. The fourth-order valence-electron chi connectivity index (χ4n) is 4.24. The lowest BCUT2D eigenvalue weighted by Crippen LogP contribution is -2.18. The molecule has 9 nitrogen and oxygen atoms in total. The lowest BCUT2D eigenvalue weighted by atomic mass is 10.0. The van der Waals surface area contributed by atoms with E-state index in [-0.39, 0.29) is 42.4 Å². The smallest absolute Gasteiger partial charge is 0.338 e. The Kier molecular flexibility index (Phi) is 14.9. The van der Waals surface area contributed by atoms with Gasteiger partial charge in [0.25, 0.3) is 5.91 Å². The highest BCUT2D eigenvalue weighted by Gasteiger charge is 2.23. The third-order valence-electron chi connectivity index (χ3n) is 6.24. The molecule has 0 saturated heterocycles. The molecular formula is C31H37FN2O7S2. The van der Waals surface area contributed by atoms with Gasteiger partial charge in [0.05, 0.1) is 50.4 Å². The highest BCUT2D eigenvalue weighted by atomic mass is 32.1. The number of phenolic OH excluding ortho intramolecular Hbond substituents is 1. The Morgan fingerprint density at radius 1 is 0.977 bits per heavy atom. The molecule has 1 aromatic heterocycles. The van der Waals surface area contributed by atoms with Crippen molar-refractivity contribution in [3.63, 3.8) is 0 Å². The third-order valence-corrected chi connectivity index (χ3v) is 6.24. The summed E-state index contributed by atoms with van der Waals surface area (Å²) in [6, 6.07) is 16.0. The van der Waals surface area contributed by atoms with Crippen molar-refractivity contribution < 1.29 is 37.7 Å². The van der Waals surface area contributed by atoms with Crippen LogP contribution in [0.25, 0.3) is 22.3 Å². The first-order chi connectivity index (χ1) is 20.4. The van der Waals surface area contributed by atoms with E-state index >= 15 is 0 Å². The Labute approximate surface area is 262 Å². The lowest BCUT2D eigenvalue weighted by molar-refractivity contribution is 0.0522. The number of rotatable bonds is 13. The highest BCUT2D eigenvalue weighted by Crippen LogP contribution is 2.38. The molecular weight excluding hydrogens is 595 g/mol. The van der Waals surface area contributed by atoms with Gasteiger partial charge in [-0.3, -0.25) is 4.79 Å². The van der Waals surface area contributed by atoms with Gasteiger partial charge in [0, 0.05) is 30.6 Å². The van der Waals surface area contributed by atoms with Crippen LogP contribution in [0.3, 0.4) is 0 Å². The number of phenols is 1. The van der Waals surface area contributed by atoms with Crippen LogP contribution in [0.15, 0.2) is 65.1 Å². The minimum absolute atomic E-state index is 0. The van der Waals surface area contributed by atoms with Gasteiger partial charge >= 0.3 is 5.97 Å². The molecule has 0 aliphatic carbocycles. The summed E-state index contributed by atoms with van der Waals surface area (Å²) in [6.07, 6.45) is 2.27. The first-order valence-electron chi connectivity index (χ1n) is 13.2. The van der Waals surface area contributed by atoms with Gasteiger partial charge in [-0.05, 0) is 54.6 Å². The van der Waals surface area contributed by atoms with Gasteiger partial charge in [0.2, 0.25) is 0 Å². The van der Waals surface area contributed by atoms with Gasteiger partial charge in [0.1, 0.15) is 22.9 Å². The third kappa shape index (κ3) is 9.39. The number of carbonyl (C=O) groups excluding carboxylic acids is 2. The summed E-state index contributed by atoms with van der Waals surface area (Å²) in [7, 11) is 2.86. The number of methoxy groups -OCH3 is 1. The first kappa shape index (κ1) is 35.5. The topological polar surface area (TPSA) is 119 Å². The molecule has 0 atom stereocenters. The Bertz CT molecular complexity index is 1480. The minimum atomic E-state index is -0.402. The minimum Gasteiger partial charge on any atom is -0.506 e. The summed E-state index contributed by atoms with van der Waals surface area (Å²) < 4.78 is 35.4. The molecule has 0 unspecified atom stereocenters. The molecule has 43 heavy (non-hydrogen) atoms. The number of aromatic hydroxyl groups is 1. The molecule has 0 aliphatic heterocycles. The Morgan fingerprint density at radius 3 is 2.33 bits per heavy atom. The van der Waals surface area contributed by atoms with E-state index in [0.717, 1.165) is 5.56 Å². The van der Waals surface area contributed by atoms with Gasteiger partial charge in [-0.25, -0.2) is 9.18 Å². The van der Waals surface area contributed by atoms with Crippen LogP contribution in [-0.4, -0.2) is 70.4 Å². The lowest BCUT2D eigenvalue weighted by Gasteiger charge is -2.10. The number of amides is 1. The molecule has 0 spiro atoms. The Balaban J connectivity index is 0.00000211. The van der Waals surface area contributed by atoms with E-state index in [4.69, 9.17) is 18.6 Å². The number of halogens is 1. The van der Waals surface area contributed by atoms with Crippen LogP contribution in [-0.2, 0) is 20.6 Å². The predicted molar refractivity (Wildman–Crippen MR) is 174 cm³/mol. The Morgan fingerprint density at radius 2 is 1.65 bits per heavy atom. The summed E-state index contributed by atoms with van der Waals surface area (Å²) in [5, 5.41) is 16.7. The number of thiol groups is 1. The molecule has 0 bridgehead atoms. The number of benzene rings is 3. The number of ether oxygens (including phenoxy) is 3. The number of esters is 1. The van der Waals surface area contributed by atoms with Gasteiger partial charge in [-0.2, -0.15) is 26.1 Å². The zero-order valence-corrected chi connectivity index (χ0v) is 26.1. The molecule has 12 heteroatoms. The molecule has 3 N–H and O–H groups in total. The van der Waals surface area contributed by atoms with Crippen LogP contribution in [0.5, 0.6) is 5.75 Å². The van der Waals surface area contributed by atoms with E-state index < -0.39 is 5.82 Å². The molecule has 1 amide bonds. The molecule has 3 aromatic carbocycles. The van der Waals surface area contributed by atoms with Crippen molar-refractivity contribution in [2.75, 3.05) is 58.7 Å². The second-order valence-corrected chi connectivity index (χ2v) is 8.81. The molecule has 0 fully saturated rings. The van der Waals surface area contributed by atoms with Crippen LogP contribution in [0.4, 0.5) is 10.1 Å². The molecule has 1 heterocycles. The van der Waals surface area contributed by atoms with E-state index in [1.54, 1.807) is 24.5 Å². The maximum Gasteiger partial charge on any atom is 0.338 e. The first-order valence-corrected chi connectivity index (χ1v) is 14.1. The number of fused-ring (bicyclic) bond motifs is 1. The maximum atomic E-state index is 13.4. The van der Waals surface area contributed by atoms with Gasteiger partial charge < -0.3 is 34.4 Å². The molecule has 4 rings (SSSR count). The van der Waals surface area contributed by atoms with E-state index in [1.165, 1.54) is 44.5 Å². The van der Waals surface area contributed by atoms with Crippen molar-refractivity contribution in [2.24, 2.45) is 0 Å². The number of hydrogen-bond acceptors (Lipinski definition) is 9. The summed E-state index contributed by atoms with van der Waals surface area (Å²) in [4.78, 5) is 24.5. The maximum absolute atomic E-state index is 13.4. The van der Waals surface area contributed by atoms with E-state index in [0.29, 0.717) is 67.2 Å². The molecule has 232 valence electrons. The van der Waals surface area contributed by atoms with Gasteiger partial charge in [-0.1, -0.05) is 18.2 Å². The molecule has 0 aliphatic rings. The normalized spacial score (nSPS) is 10.3. The predicted octanol–water partition coefficient (Wildman–Crippen LogP) is 5.44. The summed E-state index contributed by atoms with van der Waals surface area (Å²) in [6.45, 7) is 1.96. The van der Waals surface area contributed by atoms with Crippen LogP contribution >= 0.6 is 26.1 Å². The zero-order chi connectivity index (χ0) is 30.5. The second kappa shape index (κ2) is 18.1. The van der Waals surface area contributed by atoms with E-state index in [2.05, 4.69) is 23.3 Å². The fraction of sp³-hybridized carbons (Fsp3) is 0.290. The van der Waals surface area contributed by atoms with Crippen molar-refractivity contribution in [3.8, 4) is 17.1 Å². The highest BCUT2D eigenvalue weighted by molar-refractivity contribution is 7.79. The monoisotopic (exact) mass is 632 g/mol. The second-order valence-electron chi connectivity index (χ2n) is 8.81. The number of hydrogen-bond donors (Lipinski definition) is 4. The zero-order valence-electron chi connectivity index (χ0n) is 24.2. The van der Waals surface area contributed by atoms with Crippen molar-refractivity contribution in [1.82, 2.24) is 5.32 Å². The fourth-order valence-corrected chi connectivity index (χ4v) is 4.24. The molecule has 0 radical (unpaired) electrons. The number of anilines is 1. The summed E-state index contributed by atoms with van der Waals surface area (Å²) in [5.74, 6) is -0.936. The summed E-state index contributed by atoms with van der Waals surface area (Å²) >= 11 is 3.53. The van der Waals surface area contributed by atoms with Crippen molar-refractivity contribution in [2.45, 2.75) is 6.42 Å². The number of carbonyl (C=O) groups is 2. The van der Waals surface area contributed by atoms with E-state index in [9.17, 15) is 19.1 Å². The van der Waals surface area contributed by atoms with Gasteiger partial charge in [0.15, 0.2) is 0 Å². The van der Waals surface area contributed by atoms with Crippen LogP contribution in [0, 0.1) is 5.82 Å². The molecule has 4 aromatic rings. The number of nitrogens with one attached hydrogen (secondary N) is 2. The summed E-state index contributed by atoms with van der Waals surface area (Å²) in [5.41, 5.74) is 2.99. The van der Waals surface area contributed by atoms with Crippen molar-refractivity contribution in [3.05, 3.63) is 83.2 Å². The van der Waals surface area contributed by atoms with Crippen LogP contribution in [0.2, 0.25) is 0 Å². The standard InChI is InChI=1S/C30H31FN2O7.CH4S.H2S/c1-32-29(35)27-23-17-25(34)24(18-26(23)40-28(27)20-7-9-21(31)10-8-20)33-12-14-39-16-15-38-13-11-19-5-3-4-6-22(19)30(36)37-2;1-2;/h3-10,17-18,33-34H,11-16H2,1-2H3,(H,32,35);2H,1H3;1H2.